The van der Waals surface area contributed by atoms with E-state index in [9.17, 15) is 9.90 Å². The zero-order valence-corrected chi connectivity index (χ0v) is 28.0. The number of aryl methyl sites for hydroxylation is 3. The van der Waals surface area contributed by atoms with Crippen LogP contribution in [0.1, 0.15) is 69.0 Å². The number of nitrogens with one attached hydrogen (secondary N) is 1. The highest BCUT2D eigenvalue weighted by atomic mass is 32.2. The van der Waals surface area contributed by atoms with E-state index in [1.54, 1.807) is 24.0 Å². The predicted octanol–water partition coefficient (Wildman–Crippen LogP) is 8.84. The van der Waals surface area contributed by atoms with E-state index in [1.165, 1.54) is 18.2 Å². The van der Waals surface area contributed by atoms with Crippen molar-refractivity contribution in [1.29, 1.82) is 0 Å². The van der Waals surface area contributed by atoms with E-state index in [0.29, 0.717) is 35.8 Å². The minimum absolute atomic E-state index is 0.0360. The molecule has 3 aromatic carbocycles. The fourth-order valence-corrected chi connectivity index (χ4v) is 7.70. The van der Waals surface area contributed by atoms with Crippen molar-refractivity contribution in [3.05, 3.63) is 94.9 Å². The molecule has 0 fully saturated rings. The number of hydrogen-bond acceptors (Lipinski definition) is 5. The maximum atomic E-state index is 15.6. The van der Waals surface area contributed by atoms with Crippen LogP contribution in [0.5, 0.6) is 11.5 Å². The van der Waals surface area contributed by atoms with Crippen LogP contribution >= 0.6 is 11.8 Å². The first-order valence-corrected chi connectivity index (χ1v) is 17.2. The third kappa shape index (κ3) is 6.93. The molecule has 1 aliphatic heterocycles. The molecule has 4 bridgehead atoms. The van der Waals surface area contributed by atoms with Crippen molar-refractivity contribution >= 4 is 28.6 Å². The van der Waals surface area contributed by atoms with Gasteiger partial charge in [-0.15, -0.1) is 0 Å². The highest BCUT2D eigenvalue weighted by Crippen LogP contribution is 2.41. The molecule has 5 aromatic rings. The molecule has 0 aliphatic carbocycles. The first kappa shape index (κ1) is 32.7. The van der Waals surface area contributed by atoms with Crippen molar-refractivity contribution in [1.82, 2.24) is 19.7 Å². The Labute approximate surface area is 277 Å². The SMILES string of the molecule is Cn1nc2nc1-c1cc(ccc1F)Oc1c(F)cc3[nH]ccc3c1CCSCC(C)(C)CCCC2(C)c1cccc(CCC(=O)O)c1. The zero-order chi connectivity index (χ0) is 33.3. The molecule has 0 saturated carbocycles. The number of H-pyrrole nitrogens is 1. The highest BCUT2D eigenvalue weighted by molar-refractivity contribution is 7.99. The number of ether oxygens (including phenoxy) is 1. The Balaban J connectivity index is 1.46. The van der Waals surface area contributed by atoms with Crippen LogP contribution in [0.15, 0.2) is 60.8 Å². The predicted molar refractivity (Wildman–Crippen MR) is 182 cm³/mol. The van der Waals surface area contributed by atoms with Gasteiger partial charge in [-0.3, -0.25) is 4.79 Å². The Morgan fingerprint density at radius 2 is 1.91 bits per heavy atom. The van der Waals surface area contributed by atoms with Crippen LogP contribution in [0.25, 0.3) is 22.3 Å². The number of thioether (sulfide) groups is 1. The first-order valence-electron chi connectivity index (χ1n) is 16.0. The largest absolute Gasteiger partial charge is 0.481 e. The van der Waals surface area contributed by atoms with Crippen LogP contribution in [0.2, 0.25) is 0 Å². The fraction of sp³-hybridized carbons (Fsp3) is 0.378. The molecular formula is C37H40F2N4O3S. The van der Waals surface area contributed by atoms with Crippen LogP contribution in [-0.4, -0.2) is 42.3 Å². The Hall–Kier alpha value is -4.18. The number of fused-ring (bicyclic) bond motifs is 8. The van der Waals surface area contributed by atoms with Gasteiger partial charge in [-0.1, -0.05) is 44.5 Å². The third-order valence-electron chi connectivity index (χ3n) is 9.23. The van der Waals surface area contributed by atoms with Crippen LogP contribution in [0.3, 0.4) is 0 Å². The lowest BCUT2D eigenvalue weighted by Crippen LogP contribution is -2.27. The summed E-state index contributed by atoms with van der Waals surface area (Å²) in [4.78, 5) is 19.4. The number of carboxylic acids is 1. The Kier molecular flexibility index (Phi) is 9.16. The van der Waals surface area contributed by atoms with Gasteiger partial charge >= 0.3 is 5.97 Å². The average Bonchev–Trinajstić information content (AvgIpc) is 3.66. The molecule has 47 heavy (non-hydrogen) atoms. The number of aliphatic carboxylic acids is 1. The number of nitrogens with zero attached hydrogens (tertiary/aromatic N) is 3. The maximum Gasteiger partial charge on any atom is 0.303 e. The molecule has 7 nitrogen and oxygen atoms in total. The standard InChI is InChI=1S/C37H40F2N4O3S/c1-36(2)15-6-16-37(3,24-8-5-7-23(19-24)9-12-32(44)45)35-41-34(43(4)42-35)28-20-25(10-11-29(28)38)46-33-27(14-18-47-22-36)26-13-17-40-31(26)21-30(33)39/h5,7-8,10-11,13,17,19-21,40H,6,9,12,14-16,18,22H2,1-4H3,(H,44,45). The van der Waals surface area contributed by atoms with Gasteiger partial charge in [0, 0.05) is 42.2 Å². The van der Waals surface area contributed by atoms with E-state index in [2.05, 4.69) is 31.8 Å². The van der Waals surface area contributed by atoms with Crippen LogP contribution in [-0.2, 0) is 30.1 Å². The van der Waals surface area contributed by atoms with Crippen LogP contribution < -0.4 is 4.74 Å². The first-order chi connectivity index (χ1) is 22.4. The number of carbonyl (C=O) groups is 1. The molecule has 3 heterocycles. The van der Waals surface area contributed by atoms with Gasteiger partial charge in [0.1, 0.15) is 11.6 Å². The quantitative estimate of drug-likeness (QED) is 0.200. The molecule has 246 valence electrons. The summed E-state index contributed by atoms with van der Waals surface area (Å²) in [5, 5.41) is 15.0. The minimum atomic E-state index is -0.841. The number of hydrogen-bond donors (Lipinski definition) is 2. The van der Waals surface area contributed by atoms with Crippen molar-refractivity contribution in [2.45, 2.75) is 64.7 Å². The average molecular weight is 659 g/mol. The minimum Gasteiger partial charge on any atom is -0.481 e. The van der Waals surface area contributed by atoms with Gasteiger partial charge in [-0.2, -0.15) is 16.9 Å². The Bertz CT molecular complexity index is 1930. The van der Waals surface area contributed by atoms with Crippen molar-refractivity contribution in [3.63, 3.8) is 0 Å². The fourth-order valence-electron chi connectivity index (χ4n) is 6.51. The lowest BCUT2D eigenvalue weighted by Gasteiger charge is -2.30. The molecular weight excluding hydrogens is 618 g/mol. The molecule has 0 saturated heterocycles. The molecule has 0 spiro atoms. The highest BCUT2D eigenvalue weighted by Gasteiger charge is 2.35. The summed E-state index contributed by atoms with van der Waals surface area (Å²) in [6, 6.07) is 15.7. The van der Waals surface area contributed by atoms with E-state index in [4.69, 9.17) is 14.8 Å². The Morgan fingerprint density at radius 3 is 2.72 bits per heavy atom. The molecule has 2 N–H and O–H groups in total. The second kappa shape index (κ2) is 13.1. The van der Waals surface area contributed by atoms with Gasteiger partial charge in [0.25, 0.3) is 0 Å². The lowest BCUT2D eigenvalue weighted by molar-refractivity contribution is -0.136. The second-order valence-electron chi connectivity index (χ2n) is 13.5. The summed E-state index contributed by atoms with van der Waals surface area (Å²) in [6.45, 7) is 6.66. The number of halogens is 2. The number of aromatic nitrogens is 4. The smallest absolute Gasteiger partial charge is 0.303 e. The zero-order valence-electron chi connectivity index (χ0n) is 27.2. The van der Waals surface area contributed by atoms with E-state index in [0.717, 1.165) is 52.8 Å². The molecule has 1 atom stereocenters. The van der Waals surface area contributed by atoms with Gasteiger partial charge < -0.3 is 14.8 Å². The summed E-state index contributed by atoms with van der Waals surface area (Å²) in [5.74, 6) is 1.22. The van der Waals surface area contributed by atoms with Gasteiger partial charge in [-0.05, 0) is 84.9 Å². The van der Waals surface area contributed by atoms with Crippen LogP contribution in [0, 0.1) is 17.0 Å². The summed E-state index contributed by atoms with van der Waals surface area (Å²) < 4.78 is 38.9. The van der Waals surface area contributed by atoms with E-state index < -0.39 is 23.0 Å². The Morgan fingerprint density at radius 1 is 1.09 bits per heavy atom. The van der Waals surface area contributed by atoms with Crippen LogP contribution in [0.4, 0.5) is 8.78 Å². The molecule has 10 heteroatoms. The number of aromatic amines is 1. The summed E-state index contributed by atoms with van der Waals surface area (Å²) in [7, 11) is 1.74. The van der Waals surface area contributed by atoms with Gasteiger partial charge in [0.05, 0.1) is 11.0 Å². The van der Waals surface area contributed by atoms with Crippen molar-refractivity contribution in [2.75, 3.05) is 11.5 Å². The second-order valence-corrected chi connectivity index (χ2v) is 14.6. The van der Waals surface area contributed by atoms with E-state index >= 15 is 8.78 Å². The van der Waals surface area contributed by atoms with Crippen molar-refractivity contribution < 1.29 is 23.4 Å². The van der Waals surface area contributed by atoms with Gasteiger partial charge in [0.2, 0.25) is 0 Å². The lowest BCUT2D eigenvalue weighted by atomic mass is 9.75. The van der Waals surface area contributed by atoms with E-state index in [-0.39, 0.29) is 23.1 Å². The van der Waals surface area contributed by atoms with Gasteiger partial charge in [-0.25, -0.2) is 18.4 Å². The molecule has 2 aromatic heterocycles. The number of rotatable bonds is 4. The molecule has 6 rings (SSSR count). The maximum absolute atomic E-state index is 15.6. The number of carboxylic acid groups (broad SMARTS) is 1. The number of benzene rings is 3. The summed E-state index contributed by atoms with van der Waals surface area (Å²) in [6.07, 6.45) is 5.47. The van der Waals surface area contributed by atoms with Crippen molar-refractivity contribution in [3.8, 4) is 22.9 Å². The van der Waals surface area contributed by atoms with E-state index in [1.807, 2.05) is 36.0 Å². The van der Waals surface area contributed by atoms with Gasteiger partial charge in [0.15, 0.2) is 23.2 Å². The van der Waals surface area contributed by atoms with Crippen molar-refractivity contribution in [2.24, 2.45) is 12.5 Å². The molecule has 1 aliphatic rings. The topological polar surface area (TPSA) is 93.0 Å². The third-order valence-corrected chi connectivity index (χ3v) is 10.7. The summed E-state index contributed by atoms with van der Waals surface area (Å²) >= 11 is 1.85. The molecule has 0 radical (unpaired) electrons. The normalized spacial score (nSPS) is 18.6. The monoisotopic (exact) mass is 658 g/mol. The molecule has 0 amide bonds. The summed E-state index contributed by atoms with van der Waals surface area (Å²) in [5.41, 5.74) is 3.01. The molecule has 1 unspecified atom stereocenters.